The number of piperidine rings is 1. The van der Waals surface area contributed by atoms with Gasteiger partial charge in [0.25, 0.3) is 0 Å². The molecule has 0 unspecified atom stereocenters. The highest BCUT2D eigenvalue weighted by molar-refractivity contribution is 6.03. The molecule has 3 rings (SSSR count). The number of carbonyl (C=O) groups is 1. The number of aryl methyl sites for hydroxylation is 1. The molecule has 2 aromatic rings. The van der Waals surface area contributed by atoms with Gasteiger partial charge in [0.1, 0.15) is 23.5 Å². The summed E-state index contributed by atoms with van der Waals surface area (Å²) in [6.45, 7) is 9.61. The normalized spacial score (nSPS) is 14.1. The van der Waals surface area contributed by atoms with Crippen LogP contribution in [0.1, 0.15) is 44.4 Å². The lowest BCUT2D eigenvalue weighted by atomic mass is 9.98. The minimum atomic E-state index is -0.631. The van der Waals surface area contributed by atoms with Crippen LogP contribution in [0.25, 0.3) is 0 Å². The minimum absolute atomic E-state index is 0.0869. The van der Waals surface area contributed by atoms with E-state index in [1.807, 2.05) is 40.0 Å². The molecule has 0 atom stereocenters. The summed E-state index contributed by atoms with van der Waals surface area (Å²) >= 11 is 0. The summed E-state index contributed by atoms with van der Waals surface area (Å²) in [6, 6.07) is 3.88. The second-order valence-electron chi connectivity index (χ2n) is 8.16. The Hall–Kier alpha value is -3.11. The van der Waals surface area contributed by atoms with E-state index < -0.39 is 5.97 Å². The SMILES string of the molecule is CCOCCNc1c(Nc2cc(C)ccn2)ncnc1C(=N)CC.CN1CCC(C(=O)O)CC1. The fourth-order valence-electron chi connectivity index (χ4n) is 3.42. The first-order valence-electron chi connectivity index (χ1n) is 11.7. The van der Waals surface area contributed by atoms with Crippen molar-refractivity contribution < 1.29 is 14.6 Å². The molecule has 186 valence electrons. The van der Waals surface area contributed by atoms with E-state index in [0.717, 1.165) is 31.5 Å². The Kier molecular flexibility index (Phi) is 11.3. The molecule has 34 heavy (non-hydrogen) atoms. The number of rotatable bonds is 10. The van der Waals surface area contributed by atoms with Crippen LogP contribution in [0, 0.1) is 18.3 Å². The number of ether oxygens (including phenoxy) is 1. The Morgan fingerprint density at radius 2 is 2.00 bits per heavy atom. The molecule has 10 nitrogen and oxygen atoms in total. The highest BCUT2D eigenvalue weighted by Crippen LogP contribution is 2.26. The topological polar surface area (TPSA) is 136 Å². The second-order valence-corrected chi connectivity index (χ2v) is 8.16. The molecule has 0 radical (unpaired) electrons. The number of nitrogens with one attached hydrogen (secondary N) is 3. The Balaban J connectivity index is 0.000000340. The molecule has 1 aliphatic heterocycles. The summed E-state index contributed by atoms with van der Waals surface area (Å²) in [4.78, 5) is 25.5. The summed E-state index contributed by atoms with van der Waals surface area (Å²) in [7, 11) is 2.03. The van der Waals surface area contributed by atoms with E-state index in [9.17, 15) is 4.79 Å². The molecule has 2 aromatic heterocycles. The molecule has 0 aliphatic carbocycles. The zero-order chi connectivity index (χ0) is 24.9. The van der Waals surface area contributed by atoms with Crippen LogP contribution < -0.4 is 10.6 Å². The summed E-state index contributed by atoms with van der Waals surface area (Å²) in [5.41, 5.74) is 2.86. The van der Waals surface area contributed by atoms with Crippen LogP contribution in [0.2, 0.25) is 0 Å². The van der Waals surface area contributed by atoms with Gasteiger partial charge >= 0.3 is 5.97 Å². The van der Waals surface area contributed by atoms with Crippen LogP contribution in [-0.4, -0.2) is 76.5 Å². The van der Waals surface area contributed by atoms with Gasteiger partial charge in [-0.3, -0.25) is 4.79 Å². The Bertz CT molecular complexity index is 931. The summed E-state index contributed by atoms with van der Waals surface area (Å²) < 4.78 is 5.37. The number of pyridine rings is 1. The first-order chi connectivity index (χ1) is 16.3. The molecule has 1 fully saturated rings. The molecular weight excluding hydrogens is 434 g/mol. The molecular formula is C24H37N7O3. The predicted octanol–water partition coefficient (Wildman–Crippen LogP) is 3.56. The maximum absolute atomic E-state index is 10.4. The van der Waals surface area contributed by atoms with Crippen LogP contribution in [0.15, 0.2) is 24.7 Å². The summed E-state index contributed by atoms with van der Waals surface area (Å²) in [6.07, 6.45) is 5.43. The molecule has 1 saturated heterocycles. The molecule has 1 aliphatic rings. The molecule has 0 spiro atoms. The van der Waals surface area contributed by atoms with Gasteiger partial charge in [0.2, 0.25) is 0 Å². The van der Waals surface area contributed by atoms with Gasteiger partial charge in [-0.1, -0.05) is 6.92 Å². The molecule has 0 bridgehead atoms. The van der Waals surface area contributed by atoms with E-state index in [1.165, 1.54) is 6.33 Å². The average molecular weight is 472 g/mol. The second kappa shape index (κ2) is 14.2. The number of carboxylic acids is 1. The van der Waals surface area contributed by atoms with Crippen LogP contribution in [0.5, 0.6) is 0 Å². The molecule has 10 heteroatoms. The maximum atomic E-state index is 10.4. The third-order valence-corrected chi connectivity index (χ3v) is 5.47. The van der Waals surface area contributed by atoms with E-state index in [-0.39, 0.29) is 5.92 Å². The van der Waals surface area contributed by atoms with E-state index >= 15 is 0 Å². The van der Waals surface area contributed by atoms with Crippen molar-refractivity contribution >= 4 is 29.0 Å². The average Bonchev–Trinajstić information content (AvgIpc) is 2.82. The number of anilines is 3. The van der Waals surface area contributed by atoms with E-state index in [1.54, 1.807) is 6.20 Å². The van der Waals surface area contributed by atoms with Crippen molar-refractivity contribution in [2.24, 2.45) is 5.92 Å². The van der Waals surface area contributed by atoms with E-state index in [2.05, 4.69) is 30.5 Å². The fraction of sp³-hybridized carbons (Fsp3) is 0.542. The number of hydrogen-bond donors (Lipinski definition) is 4. The predicted molar refractivity (Wildman–Crippen MR) is 134 cm³/mol. The maximum Gasteiger partial charge on any atom is 0.306 e. The van der Waals surface area contributed by atoms with Gasteiger partial charge in [0.05, 0.1) is 18.2 Å². The van der Waals surface area contributed by atoms with Gasteiger partial charge < -0.3 is 30.8 Å². The van der Waals surface area contributed by atoms with Gasteiger partial charge in [-0.15, -0.1) is 0 Å². The zero-order valence-corrected chi connectivity index (χ0v) is 20.6. The van der Waals surface area contributed by atoms with Crippen molar-refractivity contribution in [1.29, 1.82) is 5.41 Å². The van der Waals surface area contributed by atoms with Crippen molar-refractivity contribution in [1.82, 2.24) is 19.9 Å². The lowest BCUT2D eigenvalue weighted by Crippen LogP contribution is -2.33. The zero-order valence-electron chi connectivity index (χ0n) is 20.6. The van der Waals surface area contributed by atoms with Crippen molar-refractivity contribution in [2.75, 3.05) is 50.5 Å². The fourth-order valence-corrected chi connectivity index (χ4v) is 3.42. The molecule has 0 amide bonds. The van der Waals surface area contributed by atoms with Gasteiger partial charge in [-0.2, -0.15) is 0 Å². The monoisotopic (exact) mass is 471 g/mol. The third-order valence-electron chi connectivity index (χ3n) is 5.47. The first-order valence-corrected chi connectivity index (χ1v) is 11.7. The lowest BCUT2D eigenvalue weighted by molar-refractivity contribution is -0.143. The molecule has 3 heterocycles. The molecule has 4 N–H and O–H groups in total. The van der Waals surface area contributed by atoms with Crippen molar-refractivity contribution in [3.8, 4) is 0 Å². The molecule has 0 aromatic carbocycles. The number of likely N-dealkylation sites (tertiary alicyclic amines) is 1. The van der Waals surface area contributed by atoms with Crippen LogP contribution in [0.4, 0.5) is 17.3 Å². The number of aromatic nitrogens is 3. The van der Waals surface area contributed by atoms with Crippen molar-refractivity contribution in [2.45, 2.75) is 40.0 Å². The number of carboxylic acid groups (broad SMARTS) is 1. The quantitative estimate of drug-likeness (QED) is 0.303. The van der Waals surface area contributed by atoms with Crippen molar-refractivity contribution in [3.05, 3.63) is 35.9 Å². The van der Waals surface area contributed by atoms with E-state index in [4.69, 9.17) is 15.3 Å². The largest absolute Gasteiger partial charge is 0.481 e. The van der Waals surface area contributed by atoms with Gasteiger partial charge in [-0.25, -0.2) is 15.0 Å². The number of hydrogen-bond acceptors (Lipinski definition) is 9. The first kappa shape index (κ1) is 27.1. The van der Waals surface area contributed by atoms with Gasteiger partial charge in [0, 0.05) is 19.3 Å². The number of aliphatic carboxylic acids is 1. The lowest BCUT2D eigenvalue weighted by Gasteiger charge is -2.25. The van der Waals surface area contributed by atoms with Crippen LogP contribution >= 0.6 is 0 Å². The van der Waals surface area contributed by atoms with Crippen LogP contribution in [0.3, 0.4) is 0 Å². The Morgan fingerprint density at radius 3 is 2.62 bits per heavy atom. The van der Waals surface area contributed by atoms with E-state index in [0.29, 0.717) is 54.9 Å². The van der Waals surface area contributed by atoms with Gasteiger partial charge in [-0.05, 0) is 70.9 Å². The minimum Gasteiger partial charge on any atom is -0.481 e. The summed E-state index contributed by atoms with van der Waals surface area (Å²) in [5, 5.41) is 23.2. The smallest absolute Gasteiger partial charge is 0.306 e. The molecule has 0 saturated carbocycles. The van der Waals surface area contributed by atoms with Crippen LogP contribution in [-0.2, 0) is 9.53 Å². The number of nitrogens with zero attached hydrogens (tertiary/aromatic N) is 4. The third kappa shape index (κ3) is 8.68. The standard InChI is InChI=1S/C17H24N6O.C7H13NO2/c1-4-13(18)15-16(20-8-9-24-5-2)17(22-11-21-15)23-14-10-12(3)6-7-19-14;1-8-4-2-6(3-5-8)7(9)10/h6-7,10-11,18,20H,4-5,8-9H2,1-3H3,(H,19,21,22,23);6H,2-5H2,1H3,(H,9,10). The van der Waals surface area contributed by atoms with Crippen molar-refractivity contribution in [3.63, 3.8) is 0 Å². The highest BCUT2D eigenvalue weighted by Gasteiger charge is 2.22. The Labute approximate surface area is 201 Å². The highest BCUT2D eigenvalue weighted by atomic mass is 16.5. The van der Waals surface area contributed by atoms with Gasteiger partial charge in [0.15, 0.2) is 5.82 Å². The Morgan fingerprint density at radius 1 is 1.26 bits per heavy atom. The summed E-state index contributed by atoms with van der Waals surface area (Å²) in [5.74, 6) is 0.590.